The van der Waals surface area contributed by atoms with Crippen LogP contribution < -0.4 is 4.90 Å². The van der Waals surface area contributed by atoms with E-state index in [1.165, 1.54) is 16.5 Å². The van der Waals surface area contributed by atoms with Crippen LogP contribution in [0.4, 0.5) is 10.1 Å². The van der Waals surface area contributed by atoms with Gasteiger partial charge in [-0.1, -0.05) is 30.3 Å². The van der Waals surface area contributed by atoms with E-state index >= 15 is 0 Å². The first-order chi connectivity index (χ1) is 20.8. The van der Waals surface area contributed by atoms with Gasteiger partial charge >= 0.3 is 17.9 Å². The van der Waals surface area contributed by atoms with Gasteiger partial charge in [0, 0.05) is 49.4 Å². The number of piperazine rings is 1. The summed E-state index contributed by atoms with van der Waals surface area (Å²) < 4.78 is 14.9. The standard InChI is InChI=1S/C25H28FN3OS.C6H8O7/c1-18-5-4-12-27-23(18)25(30)21-6-3-7-22(26)24(21)29-15-13-28(14-16-29)17-19-8-10-20(31-2)11-9-19;7-3(8)1-6(13,5(11)12)2-4(9)10/h3-12,25,30H,13-17H2,1-2H3;13H,1-2H2,(H,7,8)(H,9,10)(H,11,12). The van der Waals surface area contributed by atoms with E-state index in [2.05, 4.69) is 45.3 Å². The fraction of sp³-hybridized carbons (Fsp3) is 0.355. The summed E-state index contributed by atoms with van der Waals surface area (Å²) in [6, 6.07) is 17.3. The summed E-state index contributed by atoms with van der Waals surface area (Å²) in [4.78, 5) is 40.5. The number of aryl methyl sites for hydroxylation is 1. The van der Waals surface area contributed by atoms with Crippen LogP contribution in [0.15, 0.2) is 65.7 Å². The number of hydrogen-bond donors (Lipinski definition) is 5. The van der Waals surface area contributed by atoms with Crippen LogP contribution in [0.5, 0.6) is 0 Å². The molecule has 236 valence electrons. The summed E-state index contributed by atoms with van der Waals surface area (Å²) in [6.07, 6.45) is 0.496. The number of carbonyl (C=O) groups is 3. The summed E-state index contributed by atoms with van der Waals surface area (Å²) in [5, 5.41) is 44.8. The zero-order valence-corrected chi connectivity index (χ0v) is 25.2. The second kappa shape index (κ2) is 15.6. The Balaban J connectivity index is 0.000000345. The van der Waals surface area contributed by atoms with Crippen molar-refractivity contribution < 1.29 is 44.3 Å². The molecule has 1 aromatic heterocycles. The maximum Gasteiger partial charge on any atom is 0.336 e. The lowest BCUT2D eigenvalue weighted by molar-refractivity contribution is -0.170. The second-order valence-electron chi connectivity index (χ2n) is 10.4. The van der Waals surface area contributed by atoms with Gasteiger partial charge in [-0.25, -0.2) is 9.18 Å². The largest absolute Gasteiger partial charge is 0.481 e. The molecule has 0 radical (unpaired) electrons. The monoisotopic (exact) mass is 629 g/mol. The Bertz CT molecular complexity index is 1430. The normalized spacial score (nSPS) is 14.3. The van der Waals surface area contributed by atoms with Crippen molar-refractivity contribution in [1.29, 1.82) is 0 Å². The highest BCUT2D eigenvalue weighted by Gasteiger charge is 2.40. The molecule has 0 saturated carbocycles. The Morgan fingerprint density at radius 1 is 0.955 bits per heavy atom. The Hall–Kier alpha value is -4.04. The van der Waals surface area contributed by atoms with E-state index < -0.39 is 42.5 Å². The molecule has 3 aromatic rings. The molecule has 0 aliphatic carbocycles. The number of benzene rings is 2. The molecule has 1 saturated heterocycles. The average Bonchev–Trinajstić information content (AvgIpc) is 2.97. The number of pyridine rings is 1. The SMILES string of the molecule is CSc1ccc(CN2CCN(c3c(F)cccc3C(O)c3ncccc3C)CC2)cc1.O=C(O)CC(O)(CC(=O)O)C(=O)O. The number of carboxylic acid groups (broad SMARTS) is 3. The number of thioether (sulfide) groups is 1. The van der Waals surface area contributed by atoms with Gasteiger partial charge in [0.25, 0.3) is 0 Å². The Morgan fingerprint density at radius 2 is 1.57 bits per heavy atom. The topological polar surface area (TPSA) is 172 Å². The number of anilines is 1. The molecule has 5 N–H and O–H groups in total. The number of para-hydroxylation sites is 1. The third-order valence-electron chi connectivity index (χ3n) is 7.16. The summed E-state index contributed by atoms with van der Waals surface area (Å²) in [5.74, 6) is -5.32. The van der Waals surface area contributed by atoms with Crippen molar-refractivity contribution in [3.63, 3.8) is 0 Å². The highest BCUT2D eigenvalue weighted by atomic mass is 32.2. The van der Waals surface area contributed by atoms with E-state index in [4.69, 9.17) is 20.4 Å². The summed E-state index contributed by atoms with van der Waals surface area (Å²) in [5.41, 5.74) is 1.08. The Kier molecular flexibility index (Phi) is 12.2. The van der Waals surface area contributed by atoms with Gasteiger partial charge in [0.05, 0.1) is 24.2 Å². The molecule has 0 amide bonds. The van der Waals surface area contributed by atoms with Crippen molar-refractivity contribution in [3.05, 3.63) is 89.0 Å². The maximum atomic E-state index is 14.9. The van der Waals surface area contributed by atoms with Gasteiger partial charge in [-0.05, 0) is 48.6 Å². The molecule has 1 atom stereocenters. The maximum absolute atomic E-state index is 14.9. The van der Waals surface area contributed by atoms with Gasteiger partial charge in [0.2, 0.25) is 0 Å². The fourth-order valence-electron chi connectivity index (χ4n) is 4.85. The van der Waals surface area contributed by atoms with E-state index in [1.807, 2.05) is 19.1 Å². The summed E-state index contributed by atoms with van der Waals surface area (Å²) in [7, 11) is 0. The molecule has 2 aromatic carbocycles. The molecule has 1 aliphatic heterocycles. The summed E-state index contributed by atoms with van der Waals surface area (Å²) in [6.45, 7) is 5.92. The molecule has 2 heterocycles. The van der Waals surface area contributed by atoms with Crippen molar-refractivity contribution in [2.24, 2.45) is 0 Å². The minimum absolute atomic E-state index is 0.300. The van der Waals surface area contributed by atoms with Crippen molar-refractivity contribution in [3.8, 4) is 0 Å². The van der Waals surface area contributed by atoms with E-state index in [0.29, 0.717) is 30.0 Å². The Labute approximate surface area is 258 Å². The number of aliphatic hydroxyl groups excluding tert-OH is 1. The number of rotatable bonds is 11. The molecule has 44 heavy (non-hydrogen) atoms. The minimum atomic E-state index is -2.74. The zero-order valence-electron chi connectivity index (χ0n) is 24.4. The molecule has 0 bridgehead atoms. The number of hydrogen-bond acceptors (Lipinski definition) is 9. The molecule has 1 aliphatic rings. The van der Waals surface area contributed by atoms with Gasteiger partial charge in [-0.2, -0.15) is 0 Å². The predicted octanol–water partition coefficient (Wildman–Crippen LogP) is 3.41. The van der Waals surface area contributed by atoms with E-state index in [9.17, 15) is 23.9 Å². The van der Waals surface area contributed by atoms with E-state index in [0.717, 1.165) is 25.2 Å². The van der Waals surface area contributed by atoms with Crippen molar-refractivity contribution in [2.75, 3.05) is 37.3 Å². The number of aromatic nitrogens is 1. The predicted molar refractivity (Wildman–Crippen MR) is 162 cm³/mol. The van der Waals surface area contributed by atoms with Gasteiger partial charge in [0.1, 0.15) is 11.9 Å². The summed E-state index contributed by atoms with van der Waals surface area (Å²) >= 11 is 1.74. The smallest absolute Gasteiger partial charge is 0.336 e. The number of halogens is 1. The van der Waals surface area contributed by atoms with Gasteiger partial charge < -0.3 is 30.4 Å². The van der Waals surface area contributed by atoms with Crippen LogP contribution in [0.3, 0.4) is 0 Å². The minimum Gasteiger partial charge on any atom is -0.481 e. The van der Waals surface area contributed by atoms with Crippen molar-refractivity contribution >= 4 is 35.4 Å². The first-order valence-electron chi connectivity index (χ1n) is 13.7. The molecular formula is C31H36FN3O8S. The van der Waals surface area contributed by atoms with Gasteiger partial charge in [-0.3, -0.25) is 19.5 Å². The lowest BCUT2D eigenvalue weighted by Crippen LogP contribution is -2.46. The first kappa shape index (κ1) is 34.5. The molecule has 1 fully saturated rings. The molecule has 4 rings (SSSR count). The highest BCUT2D eigenvalue weighted by Crippen LogP contribution is 2.34. The zero-order chi connectivity index (χ0) is 32.4. The third-order valence-corrected chi connectivity index (χ3v) is 7.90. The Morgan fingerprint density at radius 3 is 2.09 bits per heavy atom. The van der Waals surface area contributed by atoms with Gasteiger partial charge in [0.15, 0.2) is 5.60 Å². The molecule has 1 unspecified atom stereocenters. The van der Waals surface area contributed by atoms with E-state index in [1.54, 1.807) is 30.1 Å². The third kappa shape index (κ3) is 9.23. The number of carboxylic acids is 3. The van der Waals surface area contributed by atoms with Crippen LogP contribution in [0, 0.1) is 12.7 Å². The fourth-order valence-corrected chi connectivity index (χ4v) is 5.26. The highest BCUT2D eigenvalue weighted by molar-refractivity contribution is 7.98. The van der Waals surface area contributed by atoms with Crippen LogP contribution in [0.2, 0.25) is 0 Å². The van der Waals surface area contributed by atoms with Crippen LogP contribution in [-0.2, 0) is 20.9 Å². The van der Waals surface area contributed by atoms with Crippen LogP contribution in [-0.4, -0.2) is 91.4 Å². The quantitative estimate of drug-likeness (QED) is 0.196. The lowest BCUT2D eigenvalue weighted by atomic mass is 9.96. The average molecular weight is 630 g/mol. The van der Waals surface area contributed by atoms with Gasteiger partial charge in [-0.15, -0.1) is 11.8 Å². The lowest BCUT2D eigenvalue weighted by Gasteiger charge is -2.37. The molecule has 0 spiro atoms. The molecule has 11 nitrogen and oxygen atoms in total. The first-order valence-corrected chi connectivity index (χ1v) is 14.9. The molecule has 13 heteroatoms. The number of nitrogens with zero attached hydrogens (tertiary/aromatic N) is 3. The van der Waals surface area contributed by atoms with Crippen LogP contribution in [0.1, 0.15) is 41.3 Å². The van der Waals surface area contributed by atoms with Crippen molar-refractivity contribution in [1.82, 2.24) is 9.88 Å². The number of aliphatic hydroxyl groups is 2. The van der Waals surface area contributed by atoms with Crippen LogP contribution in [0.25, 0.3) is 0 Å². The van der Waals surface area contributed by atoms with E-state index in [-0.39, 0.29) is 5.82 Å². The van der Waals surface area contributed by atoms with Crippen molar-refractivity contribution in [2.45, 2.75) is 42.9 Å². The second-order valence-corrected chi connectivity index (χ2v) is 11.3. The van der Waals surface area contributed by atoms with Crippen LogP contribution >= 0.6 is 11.8 Å². The number of aliphatic carboxylic acids is 3. The molecular weight excluding hydrogens is 593 g/mol.